The molecule has 76 heavy (non-hydrogen) atoms. The van der Waals surface area contributed by atoms with Gasteiger partial charge in [-0.3, -0.25) is 4.57 Å². The number of anilines is 2. The Hall–Kier alpha value is -8.93. The highest BCUT2D eigenvalue weighted by Gasteiger charge is 2.47. The number of benzene rings is 9. The molecule has 3 heterocycles. The molecule has 1 aliphatic heterocycles. The van der Waals surface area contributed by atoms with Crippen LogP contribution in [0.2, 0.25) is 0 Å². The first-order chi connectivity index (χ1) is 36.9. The zero-order valence-corrected chi connectivity index (χ0v) is 44.0. The van der Waals surface area contributed by atoms with E-state index in [4.69, 9.17) is 9.72 Å². The zero-order chi connectivity index (χ0) is 51.8. The van der Waals surface area contributed by atoms with Crippen LogP contribution in [0.4, 0.5) is 11.4 Å². The highest BCUT2D eigenvalue weighted by molar-refractivity contribution is 6.09. The van der Waals surface area contributed by atoms with Crippen LogP contribution in [0.25, 0.3) is 61.0 Å². The van der Waals surface area contributed by atoms with Crippen molar-refractivity contribution in [2.45, 2.75) is 57.8 Å². The van der Waals surface area contributed by atoms with Crippen LogP contribution in [0, 0.1) is 0 Å². The number of rotatable bonds is 9. The van der Waals surface area contributed by atoms with Crippen LogP contribution < -0.4 is 14.5 Å². The third-order valence-corrected chi connectivity index (χ3v) is 15.7. The Kier molecular flexibility index (Phi) is 11.2. The van der Waals surface area contributed by atoms with E-state index in [2.05, 4.69) is 287 Å². The predicted octanol–water partition coefficient (Wildman–Crippen LogP) is 18.0. The van der Waals surface area contributed by atoms with Crippen LogP contribution in [-0.2, 0) is 16.2 Å². The SMILES string of the molecule is CC(C)(C)c1ccc(C2(c3cc(-c4ccccc4)c(N4C=CN(c5cccc(Oc6ccc7c8ccccc8n(-c8cc(C(C)(C)C)ccn8)c7c6)c5)C4)c(-c4ccccc4)c3)c3ccccc3-c3ccccc32)cc1. The van der Waals surface area contributed by atoms with E-state index in [1.54, 1.807) is 0 Å². The van der Waals surface area contributed by atoms with Crippen molar-refractivity contribution in [3.05, 3.63) is 276 Å². The lowest BCUT2D eigenvalue weighted by atomic mass is 9.66. The minimum atomic E-state index is -0.599. The van der Waals surface area contributed by atoms with Gasteiger partial charge < -0.3 is 14.5 Å². The van der Waals surface area contributed by atoms with Crippen molar-refractivity contribution in [3.8, 4) is 50.7 Å². The van der Waals surface area contributed by atoms with Gasteiger partial charge in [0, 0.05) is 58.3 Å². The maximum atomic E-state index is 6.80. The van der Waals surface area contributed by atoms with Crippen LogP contribution in [-0.4, -0.2) is 16.2 Å². The molecule has 9 aromatic carbocycles. The molecule has 0 atom stereocenters. The summed E-state index contributed by atoms with van der Waals surface area (Å²) in [5, 5.41) is 2.34. The van der Waals surface area contributed by atoms with Crippen molar-refractivity contribution >= 4 is 33.2 Å². The quantitative estimate of drug-likeness (QED) is 0.144. The summed E-state index contributed by atoms with van der Waals surface area (Å²) in [5.74, 6) is 2.41. The number of fused-ring (bicyclic) bond motifs is 6. The molecule has 2 aliphatic rings. The summed E-state index contributed by atoms with van der Waals surface area (Å²) in [6.45, 7) is 14.2. The number of pyridine rings is 1. The molecule has 0 spiro atoms. The lowest BCUT2D eigenvalue weighted by molar-refractivity contribution is 0.483. The summed E-state index contributed by atoms with van der Waals surface area (Å²) < 4.78 is 9.07. The molecular weight excluding hydrogens is 925 g/mol. The lowest BCUT2D eigenvalue weighted by Crippen LogP contribution is -2.30. The van der Waals surface area contributed by atoms with Gasteiger partial charge in [-0.05, 0) is 121 Å². The highest BCUT2D eigenvalue weighted by atomic mass is 16.5. The first-order valence-corrected chi connectivity index (χ1v) is 26.5. The summed E-state index contributed by atoms with van der Waals surface area (Å²) >= 11 is 0. The molecule has 0 radical (unpaired) electrons. The third-order valence-electron chi connectivity index (χ3n) is 15.7. The second kappa shape index (κ2) is 18.2. The number of ether oxygens (including phenoxy) is 1. The van der Waals surface area contributed by atoms with Crippen LogP contribution in [0.1, 0.15) is 74.9 Å². The predicted molar refractivity (Wildman–Crippen MR) is 316 cm³/mol. The van der Waals surface area contributed by atoms with Gasteiger partial charge in [0.25, 0.3) is 0 Å². The molecule has 0 unspecified atom stereocenters. The first-order valence-electron chi connectivity index (χ1n) is 26.5. The standard InChI is InChI=1S/C71H60N4O/c1-69(2,3)50-32-34-51(35-33-50)71(63-29-16-13-26-57(63)58-27-14-17-30-64(58)71)53-42-61(48-20-9-7-10-21-48)68(62(43-53)49-22-11-8-12-23-49)74-41-40-73(47-74)54-24-19-25-55(45-54)76-56-36-37-60-59-28-15-18-31-65(59)75(66(60)46-56)67-44-52(38-39-72-67)70(4,5)6/h7-46H,47H2,1-6H3. The Bertz CT molecular complexity index is 3920. The van der Waals surface area contributed by atoms with Crippen molar-refractivity contribution in [3.63, 3.8) is 0 Å². The van der Waals surface area contributed by atoms with Crippen molar-refractivity contribution < 1.29 is 4.74 Å². The molecule has 0 fully saturated rings. The Morgan fingerprint density at radius 1 is 0.434 bits per heavy atom. The van der Waals surface area contributed by atoms with Crippen LogP contribution >= 0.6 is 0 Å². The fourth-order valence-electron chi connectivity index (χ4n) is 11.9. The molecule has 370 valence electrons. The van der Waals surface area contributed by atoms with E-state index < -0.39 is 5.41 Å². The lowest BCUT2D eigenvalue weighted by Gasteiger charge is -2.36. The Labute approximate surface area is 446 Å². The topological polar surface area (TPSA) is 33.5 Å². The zero-order valence-electron chi connectivity index (χ0n) is 44.0. The molecule has 5 nitrogen and oxygen atoms in total. The van der Waals surface area contributed by atoms with E-state index in [9.17, 15) is 0 Å². The van der Waals surface area contributed by atoms with Gasteiger partial charge >= 0.3 is 0 Å². The fourth-order valence-corrected chi connectivity index (χ4v) is 11.9. The van der Waals surface area contributed by atoms with Gasteiger partial charge in [-0.15, -0.1) is 0 Å². The Balaban J connectivity index is 0.909. The van der Waals surface area contributed by atoms with Crippen LogP contribution in [0.15, 0.2) is 243 Å². The summed E-state index contributed by atoms with van der Waals surface area (Å²) in [6.07, 6.45) is 6.35. The number of aromatic nitrogens is 2. The van der Waals surface area contributed by atoms with Gasteiger partial charge in [0.1, 0.15) is 17.3 Å². The molecule has 1 aliphatic carbocycles. The van der Waals surface area contributed by atoms with Gasteiger partial charge in [0.05, 0.1) is 28.8 Å². The molecule has 0 amide bonds. The smallest absolute Gasteiger partial charge is 0.137 e. The second-order valence-corrected chi connectivity index (χ2v) is 22.5. The first kappa shape index (κ1) is 46.8. The maximum absolute atomic E-state index is 6.80. The van der Waals surface area contributed by atoms with Gasteiger partial charge in [-0.2, -0.15) is 0 Å². The average molecular weight is 985 g/mol. The van der Waals surface area contributed by atoms with E-state index in [0.29, 0.717) is 6.67 Å². The number of nitrogens with zero attached hydrogens (tertiary/aromatic N) is 4. The van der Waals surface area contributed by atoms with E-state index in [0.717, 1.165) is 56.2 Å². The van der Waals surface area contributed by atoms with Gasteiger partial charge in [-0.25, -0.2) is 4.98 Å². The molecule has 0 saturated heterocycles. The van der Waals surface area contributed by atoms with E-state index in [1.165, 1.54) is 61.0 Å². The fraction of sp³-hybridized carbons (Fsp3) is 0.141. The number of hydrogen-bond acceptors (Lipinski definition) is 4. The molecule has 2 aromatic heterocycles. The monoisotopic (exact) mass is 984 g/mol. The normalized spacial score (nSPS) is 13.9. The van der Waals surface area contributed by atoms with Gasteiger partial charge in [0.15, 0.2) is 0 Å². The average Bonchev–Trinajstić information content (AvgIpc) is 4.21. The molecule has 11 aromatic rings. The second-order valence-electron chi connectivity index (χ2n) is 22.5. The van der Waals surface area contributed by atoms with Gasteiger partial charge in [0.2, 0.25) is 0 Å². The summed E-state index contributed by atoms with van der Waals surface area (Å²) in [5.41, 5.74) is 18.6. The van der Waals surface area contributed by atoms with Crippen molar-refractivity contribution in [1.82, 2.24) is 9.55 Å². The summed E-state index contributed by atoms with van der Waals surface area (Å²) in [7, 11) is 0. The van der Waals surface area contributed by atoms with E-state index in [-0.39, 0.29) is 10.8 Å². The van der Waals surface area contributed by atoms with E-state index >= 15 is 0 Å². The molecule has 0 N–H and O–H groups in total. The summed E-state index contributed by atoms with van der Waals surface area (Å²) in [4.78, 5) is 9.63. The molecular formula is C71H60N4O. The van der Waals surface area contributed by atoms with Crippen LogP contribution in [0.5, 0.6) is 11.5 Å². The molecule has 0 bridgehead atoms. The van der Waals surface area contributed by atoms with Crippen LogP contribution in [0.3, 0.4) is 0 Å². The number of hydrogen-bond donors (Lipinski definition) is 0. The largest absolute Gasteiger partial charge is 0.457 e. The summed E-state index contributed by atoms with van der Waals surface area (Å²) in [6, 6.07) is 82.2. The maximum Gasteiger partial charge on any atom is 0.137 e. The Morgan fingerprint density at radius 3 is 1.67 bits per heavy atom. The van der Waals surface area contributed by atoms with E-state index in [1.807, 2.05) is 12.3 Å². The molecule has 0 saturated carbocycles. The van der Waals surface area contributed by atoms with Crippen molar-refractivity contribution in [2.24, 2.45) is 0 Å². The van der Waals surface area contributed by atoms with Crippen molar-refractivity contribution in [1.29, 1.82) is 0 Å². The van der Waals surface area contributed by atoms with Gasteiger partial charge in [-0.1, -0.05) is 199 Å². The molecule has 5 heteroatoms. The van der Waals surface area contributed by atoms with Crippen molar-refractivity contribution in [2.75, 3.05) is 16.5 Å². The molecule has 13 rings (SSSR count). The Morgan fingerprint density at radius 2 is 1.01 bits per heavy atom. The minimum absolute atomic E-state index is 0.0155. The number of para-hydroxylation sites is 1. The minimum Gasteiger partial charge on any atom is -0.457 e. The third kappa shape index (κ3) is 7.88. The highest BCUT2D eigenvalue weighted by Crippen LogP contribution is 2.58.